The van der Waals surface area contributed by atoms with Gasteiger partial charge in [-0.25, -0.2) is 4.68 Å². The monoisotopic (exact) mass is 390 g/mol. The summed E-state index contributed by atoms with van der Waals surface area (Å²) in [5.74, 6) is -0.571. The predicted molar refractivity (Wildman–Crippen MR) is 94.0 cm³/mol. The Morgan fingerprint density at radius 1 is 1.14 bits per heavy atom. The fourth-order valence-corrected chi connectivity index (χ4v) is 2.58. The molecule has 0 unspecified atom stereocenters. The average Bonchev–Trinajstić information content (AvgIpc) is 3.15. The van der Waals surface area contributed by atoms with Gasteiger partial charge in [-0.15, -0.1) is 5.10 Å². The first-order valence-electron chi connectivity index (χ1n) is 8.40. The van der Waals surface area contributed by atoms with Gasteiger partial charge in [-0.2, -0.15) is 13.2 Å². The van der Waals surface area contributed by atoms with Crippen molar-refractivity contribution < 1.29 is 23.1 Å². The summed E-state index contributed by atoms with van der Waals surface area (Å²) in [4.78, 5) is 12.2. The van der Waals surface area contributed by atoms with Crippen LogP contribution in [0, 0.1) is 0 Å². The van der Waals surface area contributed by atoms with E-state index in [1.807, 2.05) is 6.07 Å². The van der Waals surface area contributed by atoms with Crippen LogP contribution in [0.25, 0.3) is 0 Å². The van der Waals surface area contributed by atoms with Crippen molar-refractivity contribution in [2.45, 2.75) is 25.4 Å². The minimum Gasteiger partial charge on any atom is -0.386 e. The highest BCUT2D eigenvalue weighted by Gasteiger charge is 2.30. The number of hydrogen-bond donors (Lipinski definition) is 2. The topological polar surface area (TPSA) is 80.0 Å². The normalized spacial score (nSPS) is 12.6. The van der Waals surface area contributed by atoms with Crippen LogP contribution in [-0.4, -0.2) is 26.0 Å². The van der Waals surface area contributed by atoms with E-state index in [4.69, 9.17) is 0 Å². The first-order valence-corrected chi connectivity index (χ1v) is 8.40. The van der Waals surface area contributed by atoms with E-state index >= 15 is 0 Å². The summed E-state index contributed by atoms with van der Waals surface area (Å²) < 4.78 is 39.5. The number of aliphatic hydroxyl groups excluding tert-OH is 1. The van der Waals surface area contributed by atoms with E-state index in [0.29, 0.717) is 11.1 Å². The second-order valence-electron chi connectivity index (χ2n) is 6.13. The van der Waals surface area contributed by atoms with Crippen LogP contribution in [0.3, 0.4) is 0 Å². The molecule has 6 nitrogen and oxygen atoms in total. The highest BCUT2D eigenvalue weighted by molar-refractivity contribution is 5.91. The zero-order valence-corrected chi connectivity index (χ0v) is 14.6. The molecule has 0 fully saturated rings. The van der Waals surface area contributed by atoms with Crippen LogP contribution in [0.15, 0.2) is 60.8 Å². The van der Waals surface area contributed by atoms with E-state index in [-0.39, 0.29) is 18.8 Å². The summed E-state index contributed by atoms with van der Waals surface area (Å²) in [5, 5.41) is 20.2. The standard InChI is InChI=1S/C19H17F3N4O2/c20-19(21,22)15-8-4-5-13(9-15)10-23-18(28)16-11-26(25-24-16)12-17(27)14-6-2-1-3-7-14/h1-9,11,17,27H,10,12H2,(H,23,28)/t17-/m0/s1. The van der Waals surface area contributed by atoms with Gasteiger partial charge in [0.1, 0.15) is 0 Å². The highest BCUT2D eigenvalue weighted by atomic mass is 19.4. The molecule has 1 amide bonds. The van der Waals surface area contributed by atoms with Crippen molar-refractivity contribution in [1.82, 2.24) is 20.3 Å². The van der Waals surface area contributed by atoms with Gasteiger partial charge in [0, 0.05) is 6.54 Å². The van der Waals surface area contributed by atoms with Gasteiger partial charge in [-0.05, 0) is 23.3 Å². The molecule has 9 heteroatoms. The molecule has 0 saturated heterocycles. The number of nitrogens with one attached hydrogen (secondary N) is 1. The first-order chi connectivity index (χ1) is 13.3. The molecule has 0 aliphatic heterocycles. The van der Waals surface area contributed by atoms with Crippen molar-refractivity contribution in [3.63, 3.8) is 0 Å². The molecule has 28 heavy (non-hydrogen) atoms. The van der Waals surface area contributed by atoms with Crippen LogP contribution in [0.5, 0.6) is 0 Å². The third-order valence-corrected chi connectivity index (χ3v) is 4.02. The molecular weight excluding hydrogens is 373 g/mol. The van der Waals surface area contributed by atoms with Crippen LogP contribution in [-0.2, 0) is 19.3 Å². The number of aromatic nitrogens is 3. The number of aliphatic hydroxyl groups is 1. The number of halogens is 3. The quantitative estimate of drug-likeness (QED) is 0.678. The van der Waals surface area contributed by atoms with Gasteiger partial charge in [-0.3, -0.25) is 4.79 Å². The Hall–Kier alpha value is -3.20. The lowest BCUT2D eigenvalue weighted by Gasteiger charge is -2.10. The molecular formula is C19H17F3N4O2. The van der Waals surface area contributed by atoms with E-state index in [1.54, 1.807) is 24.3 Å². The lowest BCUT2D eigenvalue weighted by atomic mass is 10.1. The molecule has 1 heterocycles. The number of carbonyl (C=O) groups is 1. The van der Waals surface area contributed by atoms with Crippen LogP contribution < -0.4 is 5.32 Å². The Morgan fingerprint density at radius 3 is 2.61 bits per heavy atom. The van der Waals surface area contributed by atoms with E-state index in [9.17, 15) is 23.1 Å². The molecule has 0 spiro atoms. The van der Waals surface area contributed by atoms with E-state index in [2.05, 4.69) is 15.6 Å². The van der Waals surface area contributed by atoms with Gasteiger partial charge >= 0.3 is 6.18 Å². The first kappa shape index (κ1) is 19.6. The van der Waals surface area contributed by atoms with Gasteiger partial charge in [0.25, 0.3) is 5.91 Å². The lowest BCUT2D eigenvalue weighted by molar-refractivity contribution is -0.137. The second-order valence-corrected chi connectivity index (χ2v) is 6.13. The maximum Gasteiger partial charge on any atom is 0.416 e. The molecule has 0 saturated carbocycles. The minimum atomic E-state index is -4.44. The number of carbonyl (C=O) groups excluding carboxylic acids is 1. The number of nitrogens with zero attached hydrogens (tertiary/aromatic N) is 3. The summed E-state index contributed by atoms with van der Waals surface area (Å²) in [7, 11) is 0. The maximum atomic E-state index is 12.7. The van der Waals surface area contributed by atoms with Gasteiger partial charge in [-0.1, -0.05) is 47.7 Å². The fraction of sp³-hybridized carbons (Fsp3) is 0.211. The summed E-state index contributed by atoms with van der Waals surface area (Å²) in [5.41, 5.74) is 0.246. The van der Waals surface area contributed by atoms with Crippen molar-refractivity contribution in [2.75, 3.05) is 0 Å². The molecule has 0 aliphatic carbocycles. The van der Waals surface area contributed by atoms with E-state index in [0.717, 1.165) is 12.1 Å². The van der Waals surface area contributed by atoms with Crippen LogP contribution in [0.4, 0.5) is 13.2 Å². The van der Waals surface area contributed by atoms with E-state index in [1.165, 1.54) is 23.0 Å². The van der Waals surface area contributed by atoms with Crippen molar-refractivity contribution in [3.8, 4) is 0 Å². The number of amides is 1. The Kier molecular flexibility index (Phi) is 5.74. The zero-order valence-electron chi connectivity index (χ0n) is 14.6. The Bertz CT molecular complexity index is 942. The molecule has 146 valence electrons. The van der Waals surface area contributed by atoms with E-state index < -0.39 is 23.8 Å². The number of rotatable bonds is 6. The number of benzene rings is 2. The number of alkyl halides is 3. The molecule has 0 bridgehead atoms. The molecule has 2 aromatic carbocycles. The lowest BCUT2D eigenvalue weighted by Crippen LogP contribution is -2.23. The number of hydrogen-bond acceptors (Lipinski definition) is 4. The van der Waals surface area contributed by atoms with Gasteiger partial charge in [0.05, 0.1) is 24.4 Å². The third kappa shape index (κ3) is 4.95. The molecule has 3 aromatic rings. The Balaban J connectivity index is 1.59. The molecule has 1 aromatic heterocycles. The second kappa shape index (κ2) is 8.22. The third-order valence-electron chi connectivity index (χ3n) is 4.02. The Morgan fingerprint density at radius 2 is 1.89 bits per heavy atom. The summed E-state index contributed by atoms with van der Waals surface area (Å²) in [6.45, 7) is 0.0280. The highest BCUT2D eigenvalue weighted by Crippen LogP contribution is 2.29. The Labute approximate surface area is 158 Å². The van der Waals surface area contributed by atoms with Crippen molar-refractivity contribution in [2.24, 2.45) is 0 Å². The summed E-state index contributed by atoms with van der Waals surface area (Å²) >= 11 is 0. The summed E-state index contributed by atoms with van der Waals surface area (Å²) in [6, 6.07) is 13.7. The minimum absolute atomic E-state index is 0.00670. The molecule has 3 rings (SSSR count). The van der Waals surface area contributed by atoms with Crippen molar-refractivity contribution >= 4 is 5.91 Å². The van der Waals surface area contributed by atoms with Gasteiger partial charge in [0.15, 0.2) is 5.69 Å². The molecule has 2 N–H and O–H groups in total. The molecule has 0 radical (unpaired) electrons. The largest absolute Gasteiger partial charge is 0.416 e. The molecule has 1 atom stereocenters. The zero-order chi connectivity index (χ0) is 20.1. The van der Waals surface area contributed by atoms with Gasteiger partial charge < -0.3 is 10.4 Å². The van der Waals surface area contributed by atoms with Crippen molar-refractivity contribution in [3.05, 3.63) is 83.2 Å². The molecule has 0 aliphatic rings. The predicted octanol–water partition coefficient (Wildman–Crippen LogP) is 2.96. The summed E-state index contributed by atoms with van der Waals surface area (Å²) in [6.07, 6.45) is -3.89. The maximum absolute atomic E-state index is 12.7. The van der Waals surface area contributed by atoms with Crippen LogP contribution >= 0.6 is 0 Å². The SMILES string of the molecule is O=C(NCc1cccc(C(F)(F)F)c1)c1cn(C[C@H](O)c2ccccc2)nn1. The van der Waals surface area contributed by atoms with Gasteiger partial charge in [0.2, 0.25) is 0 Å². The fourth-order valence-electron chi connectivity index (χ4n) is 2.58. The smallest absolute Gasteiger partial charge is 0.386 e. The van der Waals surface area contributed by atoms with Crippen LogP contribution in [0.2, 0.25) is 0 Å². The average molecular weight is 390 g/mol. The van der Waals surface area contributed by atoms with Crippen molar-refractivity contribution in [1.29, 1.82) is 0 Å². The van der Waals surface area contributed by atoms with Crippen LogP contribution in [0.1, 0.15) is 33.3 Å².